The average molecular weight is 285 g/mol. The van der Waals surface area contributed by atoms with Crippen LogP contribution in [0.2, 0.25) is 0 Å². The molecule has 2 aliphatic rings. The Morgan fingerprint density at radius 2 is 2.05 bits per heavy atom. The molecule has 0 aromatic carbocycles. The molecule has 0 aliphatic heterocycles. The summed E-state index contributed by atoms with van der Waals surface area (Å²) in [6.45, 7) is 0.401. The second kappa shape index (κ2) is 5.49. The summed E-state index contributed by atoms with van der Waals surface area (Å²) in [5.41, 5.74) is 3.31. The average Bonchev–Trinajstić information content (AvgIpc) is 2.97. The first-order valence-corrected chi connectivity index (χ1v) is 8.13. The molecule has 1 heterocycles. The summed E-state index contributed by atoms with van der Waals surface area (Å²) in [6, 6.07) is 0. The zero-order valence-corrected chi connectivity index (χ0v) is 12.0. The minimum absolute atomic E-state index is 0.200. The minimum Gasteiger partial charge on any atom is -0.307 e. The van der Waals surface area contributed by atoms with Crippen molar-refractivity contribution in [1.82, 2.24) is 5.32 Å². The second-order valence-corrected chi connectivity index (χ2v) is 7.03. The molecule has 1 fully saturated rings. The van der Waals surface area contributed by atoms with Gasteiger partial charge in [-0.05, 0) is 54.0 Å². The van der Waals surface area contributed by atoms with Crippen molar-refractivity contribution >= 4 is 11.3 Å². The Morgan fingerprint density at radius 3 is 2.79 bits per heavy atom. The minimum atomic E-state index is -2.25. The predicted octanol–water partition coefficient (Wildman–Crippen LogP) is 4.15. The molecule has 1 N–H and O–H groups in total. The van der Waals surface area contributed by atoms with Crippen molar-refractivity contribution < 1.29 is 8.78 Å². The molecule has 4 heteroatoms. The summed E-state index contributed by atoms with van der Waals surface area (Å²) < 4.78 is 24.3. The molecular weight excluding hydrogens is 264 g/mol. The molecule has 106 valence electrons. The van der Waals surface area contributed by atoms with Crippen molar-refractivity contribution in [3.05, 3.63) is 21.4 Å². The maximum atomic E-state index is 12.1. The summed E-state index contributed by atoms with van der Waals surface area (Å²) in [4.78, 5) is 1.53. The number of fused-ring (bicyclic) bond motifs is 1. The van der Waals surface area contributed by atoms with Gasteiger partial charge in [0.2, 0.25) is 0 Å². The van der Waals surface area contributed by atoms with Gasteiger partial charge in [0.25, 0.3) is 6.43 Å². The lowest BCUT2D eigenvalue weighted by molar-refractivity contribution is 0.145. The van der Waals surface area contributed by atoms with Gasteiger partial charge in [0.15, 0.2) is 0 Å². The number of rotatable bonds is 4. The number of hydrogen-bond donors (Lipinski definition) is 1. The first-order valence-electron chi connectivity index (χ1n) is 7.26. The smallest absolute Gasteiger partial charge is 0.250 e. The maximum Gasteiger partial charge on any atom is 0.250 e. The molecule has 1 saturated carbocycles. The summed E-state index contributed by atoms with van der Waals surface area (Å²) in [6.07, 6.45) is 7.01. The highest BCUT2D eigenvalue weighted by molar-refractivity contribution is 7.10. The molecule has 1 nitrogen and oxygen atoms in total. The van der Waals surface area contributed by atoms with Crippen LogP contribution in [0.5, 0.6) is 0 Å². The van der Waals surface area contributed by atoms with Crippen molar-refractivity contribution in [3.63, 3.8) is 0 Å². The zero-order chi connectivity index (χ0) is 13.3. The van der Waals surface area contributed by atoms with Gasteiger partial charge < -0.3 is 5.32 Å². The molecule has 0 unspecified atom stereocenters. The maximum absolute atomic E-state index is 12.1. The third kappa shape index (κ3) is 2.84. The van der Waals surface area contributed by atoms with Crippen molar-refractivity contribution in [2.75, 3.05) is 6.54 Å². The van der Waals surface area contributed by atoms with E-state index < -0.39 is 6.43 Å². The van der Waals surface area contributed by atoms with Gasteiger partial charge in [0.1, 0.15) is 0 Å². The normalized spacial score (nSPS) is 21.2. The van der Waals surface area contributed by atoms with Crippen LogP contribution in [0.15, 0.2) is 5.38 Å². The summed E-state index contributed by atoms with van der Waals surface area (Å²) >= 11 is 1.84. The van der Waals surface area contributed by atoms with Crippen molar-refractivity contribution in [2.45, 2.75) is 57.9 Å². The molecule has 0 atom stereocenters. The van der Waals surface area contributed by atoms with Gasteiger partial charge in [-0.1, -0.05) is 12.8 Å². The summed E-state index contributed by atoms with van der Waals surface area (Å²) in [5, 5.41) is 5.03. The lowest BCUT2D eigenvalue weighted by Crippen LogP contribution is -2.26. The molecule has 1 aromatic heterocycles. The Morgan fingerprint density at radius 1 is 1.26 bits per heavy atom. The molecular formula is C15H21F2NS. The lowest BCUT2D eigenvalue weighted by atomic mass is 9.72. The molecule has 3 rings (SSSR count). The van der Waals surface area contributed by atoms with E-state index in [0.717, 1.165) is 6.42 Å². The fourth-order valence-electron chi connectivity index (χ4n) is 3.75. The Labute approximate surface area is 117 Å². The van der Waals surface area contributed by atoms with Gasteiger partial charge in [0, 0.05) is 11.4 Å². The lowest BCUT2D eigenvalue weighted by Gasteiger charge is -2.33. The molecule has 19 heavy (non-hydrogen) atoms. The third-order valence-corrected chi connectivity index (χ3v) is 5.86. The largest absolute Gasteiger partial charge is 0.307 e. The molecule has 0 bridgehead atoms. The number of halogens is 2. The molecule has 1 spiro atoms. The summed E-state index contributed by atoms with van der Waals surface area (Å²) in [5.74, 6) is 0. The highest BCUT2D eigenvalue weighted by atomic mass is 32.1. The SMILES string of the molecule is FC(F)CNCc1csc2c1CCC1(CCCC1)C2. The van der Waals surface area contributed by atoms with Crippen LogP contribution in [0.4, 0.5) is 8.78 Å². The monoisotopic (exact) mass is 285 g/mol. The Kier molecular flexibility index (Phi) is 3.90. The second-order valence-electron chi connectivity index (χ2n) is 6.07. The van der Waals surface area contributed by atoms with E-state index in [2.05, 4.69) is 10.7 Å². The van der Waals surface area contributed by atoms with Crippen LogP contribution in [-0.4, -0.2) is 13.0 Å². The van der Waals surface area contributed by atoms with E-state index >= 15 is 0 Å². The van der Waals surface area contributed by atoms with Crippen molar-refractivity contribution in [2.24, 2.45) is 5.41 Å². The quantitative estimate of drug-likeness (QED) is 0.876. The van der Waals surface area contributed by atoms with Crippen LogP contribution >= 0.6 is 11.3 Å². The Hall–Kier alpha value is -0.480. The summed E-state index contributed by atoms with van der Waals surface area (Å²) in [7, 11) is 0. The molecule has 1 aromatic rings. The first kappa shape index (κ1) is 13.5. The number of nitrogens with one attached hydrogen (secondary N) is 1. The van der Waals surface area contributed by atoms with Crippen LogP contribution in [0.25, 0.3) is 0 Å². The van der Waals surface area contributed by atoms with Gasteiger partial charge in [-0.2, -0.15) is 0 Å². The standard InChI is InChI=1S/C15H21F2NS/c16-14(17)9-18-8-11-10-19-13-7-15(4-1-2-5-15)6-3-12(11)13/h10,14,18H,1-9H2. The van der Waals surface area contributed by atoms with Crippen LogP contribution < -0.4 is 5.32 Å². The molecule has 0 amide bonds. The number of alkyl halides is 2. The van der Waals surface area contributed by atoms with Crippen LogP contribution in [0.3, 0.4) is 0 Å². The van der Waals surface area contributed by atoms with E-state index in [9.17, 15) is 8.78 Å². The highest BCUT2D eigenvalue weighted by Crippen LogP contribution is 2.49. The zero-order valence-electron chi connectivity index (χ0n) is 11.2. The van der Waals surface area contributed by atoms with E-state index in [0.29, 0.717) is 12.0 Å². The van der Waals surface area contributed by atoms with Gasteiger partial charge in [-0.3, -0.25) is 0 Å². The molecule has 0 radical (unpaired) electrons. The fraction of sp³-hybridized carbons (Fsp3) is 0.733. The first-order chi connectivity index (χ1) is 9.19. The van der Waals surface area contributed by atoms with Crippen LogP contribution in [0, 0.1) is 5.41 Å². The number of thiophene rings is 1. The van der Waals surface area contributed by atoms with Crippen LogP contribution in [0.1, 0.15) is 48.1 Å². The topological polar surface area (TPSA) is 12.0 Å². The van der Waals surface area contributed by atoms with Crippen molar-refractivity contribution in [1.29, 1.82) is 0 Å². The fourth-order valence-corrected chi connectivity index (χ4v) is 5.02. The van der Waals surface area contributed by atoms with Gasteiger partial charge in [-0.25, -0.2) is 8.78 Å². The molecule has 0 saturated heterocycles. The van der Waals surface area contributed by atoms with E-state index in [1.54, 1.807) is 0 Å². The van der Waals surface area contributed by atoms with Gasteiger partial charge >= 0.3 is 0 Å². The van der Waals surface area contributed by atoms with E-state index in [4.69, 9.17) is 0 Å². The van der Waals surface area contributed by atoms with Gasteiger partial charge in [0.05, 0.1) is 6.54 Å². The Balaban J connectivity index is 1.66. The predicted molar refractivity (Wildman–Crippen MR) is 75.0 cm³/mol. The molecule has 2 aliphatic carbocycles. The van der Waals surface area contributed by atoms with Gasteiger partial charge in [-0.15, -0.1) is 11.3 Å². The Bertz CT molecular complexity index is 435. The highest BCUT2D eigenvalue weighted by Gasteiger charge is 2.38. The van der Waals surface area contributed by atoms with E-state index in [-0.39, 0.29) is 6.54 Å². The van der Waals surface area contributed by atoms with E-state index in [1.165, 1.54) is 54.5 Å². The number of hydrogen-bond acceptors (Lipinski definition) is 2. The van der Waals surface area contributed by atoms with E-state index in [1.807, 2.05) is 11.3 Å². The van der Waals surface area contributed by atoms with Crippen molar-refractivity contribution in [3.8, 4) is 0 Å². The van der Waals surface area contributed by atoms with Crippen LogP contribution in [-0.2, 0) is 19.4 Å². The third-order valence-electron chi connectivity index (χ3n) is 4.79.